The Morgan fingerprint density at radius 3 is 1.14 bits per heavy atom. The smallest absolute Gasteiger partial charge is 0.351 e. The topological polar surface area (TPSA) is 58.2 Å². The van der Waals surface area contributed by atoms with Gasteiger partial charge in [-0.1, -0.05) is 39.5 Å². The predicted molar refractivity (Wildman–Crippen MR) is 84.9 cm³/mol. The molecule has 0 radical (unpaired) electrons. The van der Waals surface area contributed by atoms with Crippen LogP contribution in [-0.4, -0.2) is 48.6 Å². The molecule has 0 aromatic carbocycles. The number of unbranched alkanes of at least 4 members (excludes halogenated alkanes) is 4. The van der Waals surface area contributed by atoms with E-state index in [1.54, 1.807) is 13.8 Å². The summed E-state index contributed by atoms with van der Waals surface area (Å²) in [5.74, 6) is -31.6. The van der Waals surface area contributed by atoms with Crippen molar-refractivity contribution in [2.75, 3.05) is 13.1 Å². The second-order valence-electron chi connectivity index (χ2n) is 6.22. The van der Waals surface area contributed by atoms with Gasteiger partial charge in [0.15, 0.2) is 0 Å². The van der Waals surface area contributed by atoms with Gasteiger partial charge in [-0.05, 0) is 12.8 Å². The second-order valence-corrected chi connectivity index (χ2v) is 6.22. The van der Waals surface area contributed by atoms with Crippen LogP contribution in [0.4, 0.5) is 35.1 Å². The molecule has 0 spiro atoms. The zero-order valence-corrected chi connectivity index (χ0v) is 15.5. The third-order valence-electron chi connectivity index (χ3n) is 3.89. The van der Waals surface area contributed by atoms with Crippen LogP contribution in [0.3, 0.4) is 0 Å². The molecule has 0 aromatic heterocycles. The van der Waals surface area contributed by atoms with Gasteiger partial charge in [-0.25, -0.2) is 0 Å². The third kappa shape index (κ3) is 5.47. The van der Waals surface area contributed by atoms with E-state index >= 15 is 0 Å². The summed E-state index contributed by atoms with van der Waals surface area (Å²) >= 11 is 0. The van der Waals surface area contributed by atoms with E-state index in [0.29, 0.717) is 25.7 Å². The first-order valence-electron chi connectivity index (χ1n) is 8.79. The number of rotatable bonds is 13. The molecule has 0 fully saturated rings. The fourth-order valence-electron chi connectivity index (χ4n) is 2.06. The van der Waals surface area contributed by atoms with Crippen LogP contribution in [0.25, 0.3) is 0 Å². The number of hydrogen-bond donors (Lipinski definition) is 2. The van der Waals surface area contributed by atoms with Crippen LogP contribution in [0.1, 0.15) is 52.4 Å². The van der Waals surface area contributed by atoms with E-state index in [1.165, 1.54) is 10.6 Å². The highest BCUT2D eigenvalue weighted by Crippen LogP contribution is 2.52. The van der Waals surface area contributed by atoms with Gasteiger partial charge in [0.1, 0.15) is 0 Å². The van der Waals surface area contributed by atoms with E-state index in [9.17, 15) is 44.7 Å². The molecule has 2 N–H and O–H groups in total. The minimum atomic E-state index is -6.82. The summed E-state index contributed by atoms with van der Waals surface area (Å²) in [6.07, 6.45) is 2.21. The molecule has 0 rings (SSSR count). The standard InChI is InChI=1S/C16H24F8N2O2/c1-3-5-7-9-25-11(27)13(17,18)15(21,22)16(23,24)14(19,20)12(28)26-10-8-6-4-2/h3-10H2,1-2H3,(H,25,27)(H,26,28). The molecule has 0 bridgehead atoms. The predicted octanol–water partition coefficient (Wildman–Crippen LogP) is 4.14. The van der Waals surface area contributed by atoms with Crippen molar-refractivity contribution in [3.8, 4) is 0 Å². The average Bonchev–Trinajstić information content (AvgIpc) is 2.61. The van der Waals surface area contributed by atoms with E-state index < -0.39 is 48.6 Å². The minimum Gasteiger partial charge on any atom is -0.351 e. The van der Waals surface area contributed by atoms with Crippen LogP contribution >= 0.6 is 0 Å². The van der Waals surface area contributed by atoms with Crippen LogP contribution in [0.15, 0.2) is 0 Å². The molecule has 28 heavy (non-hydrogen) atoms. The number of halogens is 8. The number of carbonyl (C=O) groups excluding carboxylic acids is 2. The van der Waals surface area contributed by atoms with Crippen LogP contribution in [0.2, 0.25) is 0 Å². The Labute approximate surface area is 157 Å². The lowest BCUT2D eigenvalue weighted by Gasteiger charge is -2.35. The third-order valence-corrected chi connectivity index (χ3v) is 3.89. The lowest BCUT2D eigenvalue weighted by molar-refractivity contribution is -0.347. The summed E-state index contributed by atoms with van der Waals surface area (Å²) in [4.78, 5) is 22.5. The molecule has 4 nitrogen and oxygen atoms in total. The van der Waals surface area contributed by atoms with E-state index in [1.807, 2.05) is 0 Å². The maximum atomic E-state index is 13.7. The van der Waals surface area contributed by atoms with Gasteiger partial charge in [0.2, 0.25) is 0 Å². The molecule has 0 aliphatic carbocycles. The summed E-state index contributed by atoms with van der Waals surface area (Å²) in [6.45, 7) is 2.36. The van der Waals surface area contributed by atoms with Crippen molar-refractivity contribution >= 4 is 11.8 Å². The Hall–Kier alpha value is -1.62. The number of alkyl halides is 8. The molecule has 0 aromatic rings. The largest absolute Gasteiger partial charge is 0.392 e. The molecule has 0 heterocycles. The molecule has 0 atom stereocenters. The Morgan fingerprint density at radius 2 is 0.893 bits per heavy atom. The van der Waals surface area contributed by atoms with Gasteiger partial charge in [0, 0.05) is 13.1 Å². The highest BCUT2D eigenvalue weighted by Gasteiger charge is 2.84. The summed E-state index contributed by atoms with van der Waals surface area (Å²) in [6, 6.07) is 0. The minimum absolute atomic E-state index is 0.0939. The lowest BCUT2D eigenvalue weighted by atomic mass is 9.97. The van der Waals surface area contributed by atoms with Crippen LogP contribution in [0.5, 0.6) is 0 Å². The summed E-state index contributed by atoms with van der Waals surface area (Å²) in [5, 5.41) is 2.63. The summed E-state index contributed by atoms with van der Waals surface area (Å²) in [7, 11) is 0. The highest BCUT2D eigenvalue weighted by molar-refractivity contribution is 5.87. The quantitative estimate of drug-likeness (QED) is 0.342. The first kappa shape index (κ1) is 26.4. The molecule has 0 aliphatic heterocycles. The van der Waals surface area contributed by atoms with E-state index in [0.717, 1.165) is 0 Å². The molecule has 2 amide bonds. The molecule has 0 saturated heterocycles. The molecule has 0 unspecified atom stereocenters. The maximum Gasteiger partial charge on any atom is 0.392 e. The van der Waals surface area contributed by atoms with Gasteiger partial charge in [0.05, 0.1) is 0 Å². The fourth-order valence-corrected chi connectivity index (χ4v) is 2.06. The van der Waals surface area contributed by atoms with Crippen molar-refractivity contribution < 1.29 is 44.7 Å². The monoisotopic (exact) mass is 428 g/mol. The summed E-state index contributed by atoms with van der Waals surface area (Å²) in [5.41, 5.74) is 0. The lowest BCUT2D eigenvalue weighted by Crippen LogP contribution is -2.69. The van der Waals surface area contributed by atoms with Crippen molar-refractivity contribution in [1.29, 1.82) is 0 Å². The number of amides is 2. The molecular formula is C16H24F8N2O2. The van der Waals surface area contributed by atoms with Crippen molar-refractivity contribution in [2.24, 2.45) is 0 Å². The maximum absolute atomic E-state index is 13.7. The van der Waals surface area contributed by atoms with Gasteiger partial charge in [0.25, 0.3) is 11.8 Å². The van der Waals surface area contributed by atoms with Crippen molar-refractivity contribution in [2.45, 2.75) is 76.1 Å². The first-order chi connectivity index (χ1) is 12.7. The van der Waals surface area contributed by atoms with Crippen LogP contribution in [0, 0.1) is 0 Å². The normalized spacial score (nSPS) is 13.4. The van der Waals surface area contributed by atoms with E-state index in [4.69, 9.17) is 0 Å². The molecule has 166 valence electrons. The van der Waals surface area contributed by atoms with Gasteiger partial charge < -0.3 is 10.6 Å². The van der Waals surface area contributed by atoms with Gasteiger partial charge >= 0.3 is 23.7 Å². The average molecular weight is 428 g/mol. The fraction of sp³-hybridized carbons (Fsp3) is 0.875. The molecule has 12 heteroatoms. The molecule has 0 aliphatic rings. The summed E-state index contributed by atoms with van der Waals surface area (Å²) < 4.78 is 109. The first-order valence-corrected chi connectivity index (χ1v) is 8.79. The highest BCUT2D eigenvalue weighted by atomic mass is 19.4. The van der Waals surface area contributed by atoms with Crippen molar-refractivity contribution in [1.82, 2.24) is 10.6 Å². The SMILES string of the molecule is CCCCCNC(=O)C(F)(F)C(F)(F)C(F)(F)C(F)(F)C(=O)NCCCCC. The Balaban J connectivity index is 5.39. The number of hydrogen-bond acceptors (Lipinski definition) is 2. The number of nitrogens with one attached hydrogen (secondary N) is 2. The Kier molecular flexibility index (Phi) is 9.65. The van der Waals surface area contributed by atoms with Gasteiger partial charge in [-0.15, -0.1) is 0 Å². The zero-order valence-electron chi connectivity index (χ0n) is 15.5. The van der Waals surface area contributed by atoms with Crippen LogP contribution in [-0.2, 0) is 9.59 Å². The molecule has 0 saturated carbocycles. The van der Waals surface area contributed by atoms with Gasteiger partial charge in [-0.3, -0.25) is 9.59 Å². The Morgan fingerprint density at radius 1 is 0.607 bits per heavy atom. The second kappa shape index (κ2) is 10.2. The number of carbonyl (C=O) groups is 2. The Bertz CT molecular complexity index is 481. The van der Waals surface area contributed by atoms with Crippen molar-refractivity contribution in [3.05, 3.63) is 0 Å². The van der Waals surface area contributed by atoms with Gasteiger partial charge in [-0.2, -0.15) is 35.1 Å². The van der Waals surface area contributed by atoms with E-state index in [-0.39, 0.29) is 12.8 Å². The zero-order chi connectivity index (χ0) is 22.2. The van der Waals surface area contributed by atoms with Crippen LogP contribution < -0.4 is 10.6 Å². The van der Waals surface area contributed by atoms with Crippen molar-refractivity contribution in [3.63, 3.8) is 0 Å². The van der Waals surface area contributed by atoms with E-state index in [2.05, 4.69) is 0 Å². The molecular weight excluding hydrogens is 404 g/mol.